The van der Waals surface area contributed by atoms with E-state index in [0.717, 1.165) is 11.1 Å². The van der Waals surface area contributed by atoms with Crippen LogP contribution >= 0.6 is 0 Å². The minimum Gasteiger partial charge on any atom is -0.507 e. The fourth-order valence-corrected chi connectivity index (χ4v) is 3.78. The maximum absolute atomic E-state index is 11.3. The first-order chi connectivity index (χ1) is 12.8. The average molecular weight is 395 g/mol. The molecule has 1 heteroatoms. The Morgan fingerprint density at radius 2 is 0.966 bits per heavy atom. The Labute approximate surface area is 179 Å². The normalized spacial score (nSPS) is 13.7. The highest BCUT2D eigenvalue weighted by molar-refractivity contribution is 5.79. The van der Waals surface area contributed by atoms with Crippen molar-refractivity contribution in [2.45, 2.75) is 105 Å². The molecule has 0 spiro atoms. The van der Waals surface area contributed by atoms with Crippen LogP contribution in [-0.4, -0.2) is 5.11 Å². The van der Waals surface area contributed by atoms with E-state index in [0.29, 0.717) is 5.75 Å². The van der Waals surface area contributed by atoms with Crippen molar-refractivity contribution in [1.82, 2.24) is 0 Å². The summed E-state index contributed by atoms with van der Waals surface area (Å²) in [6.07, 6.45) is 0. The number of benzene rings is 2. The van der Waals surface area contributed by atoms with E-state index >= 15 is 0 Å². The van der Waals surface area contributed by atoms with Crippen molar-refractivity contribution in [1.29, 1.82) is 0 Å². The van der Waals surface area contributed by atoms with Gasteiger partial charge in [-0.15, -0.1) is 0 Å². The molecule has 0 amide bonds. The van der Waals surface area contributed by atoms with Crippen LogP contribution in [0.2, 0.25) is 0 Å². The molecule has 0 fully saturated rings. The van der Waals surface area contributed by atoms with Gasteiger partial charge in [0.05, 0.1) is 0 Å². The predicted molar refractivity (Wildman–Crippen MR) is 128 cm³/mol. The third kappa shape index (κ3) is 5.05. The number of phenolic OH excluding ortho intramolecular Hbond substituents is 1. The molecule has 0 aliphatic heterocycles. The molecule has 0 aromatic heterocycles. The summed E-state index contributed by atoms with van der Waals surface area (Å²) in [5.74, 6) is 0.386. The molecule has 2 rings (SSSR count). The molecule has 29 heavy (non-hydrogen) atoms. The number of phenols is 1. The van der Waals surface area contributed by atoms with E-state index in [4.69, 9.17) is 0 Å². The third-order valence-electron chi connectivity index (χ3n) is 5.75. The van der Waals surface area contributed by atoms with Gasteiger partial charge >= 0.3 is 0 Å². The van der Waals surface area contributed by atoms with Crippen LogP contribution in [0, 0.1) is 0 Å². The van der Waals surface area contributed by atoms with Crippen LogP contribution in [0.4, 0.5) is 0 Å². The maximum atomic E-state index is 11.3. The van der Waals surface area contributed by atoms with Crippen molar-refractivity contribution in [2.24, 2.45) is 0 Å². The van der Waals surface area contributed by atoms with Crippen LogP contribution in [0.1, 0.15) is 105 Å². The Kier molecular flexibility index (Phi) is 5.83. The smallest absolute Gasteiger partial charge is 0.124 e. The fourth-order valence-electron chi connectivity index (χ4n) is 3.78. The molecule has 0 saturated carbocycles. The van der Waals surface area contributed by atoms with Crippen molar-refractivity contribution in [3.05, 3.63) is 52.6 Å². The molecule has 0 aliphatic rings. The van der Waals surface area contributed by atoms with Crippen LogP contribution in [0.3, 0.4) is 0 Å². The zero-order valence-electron chi connectivity index (χ0n) is 20.8. The molecule has 0 atom stereocenters. The molecule has 0 saturated heterocycles. The number of hydrogen-bond donors (Lipinski definition) is 1. The summed E-state index contributed by atoms with van der Waals surface area (Å²) < 4.78 is 0. The standard InChI is InChI=1S/C28H42O/c1-25(2,3)18-13-14-20(21(15-18)27(7,8)9)24-22(28(10,11)12)16-19(17-23(24)29)26(4,5)6/h13-17,29H,1-12H3. The number of hydrogen-bond acceptors (Lipinski definition) is 1. The maximum Gasteiger partial charge on any atom is 0.124 e. The largest absolute Gasteiger partial charge is 0.507 e. The van der Waals surface area contributed by atoms with Crippen LogP contribution in [0.5, 0.6) is 5.75 Å². The lowest BCUT2D eigenvalue weighted by molar-refractivity contribution is 0.468. The number of rotatable bonds is 1. The summed E-state index contributed by atoms with van der Waals surface area (Å²) in [5.41, 5.74) is 7.09. The van der Waals surface area contributed by atoms with Gasteiger partial charge in [0.25, 0.3) is 0 Å². The van der Waals surface area contributed by atoms with E-state index < -0.39 is 0 Å². The Morgan fingerprint density at radius 1 is 0.517 bits per heavy atom. The average Bonchev–Trinajstić information content (AvgIpc) is 2.50. The zero-order chi connectivity index (χ0) is 22.6. The molecule has 2 aromatic carbocycles. The lowest BCUT2D eigenvalue weighted by Gasteiger charge is -2.32. The van der Waals surface area contributed by atoms with Crippen molar-refractivity contribution < 1.29 is 5.11 Å². The monoisotopic (exact) mass is 394 g/mol. The molecule has 1 nitrogen and oxygen atoms in total. The van der Waals surface area contributed by atoms with Crippen LogP contribution in [0.15, 0.2) is 30.3 Å². The van der Waals surface area contributed by atoms with Crippen molar-refractivity contribution >= 4 is 0 Å². The van der Waals surface area contributed by atoms with Gasteiger partial charge in [0, 0.05) is 5.56 Å². The van der Waals surface area contributed by atoms with Gasteiger partial charge in [0.15, 0.2) is 0 Å². The van der Waals surface area contributed by atoms with E-state index in [-0.39, 0.29) is 21.7 Å². The highest BCUT2D eigenvalue weighted by atomic mass is 16.3. The Morgan fingerprint density at radius 3 is 1.38 bits per heavy atom. The second-order valence-corrected chi connectivity index (χ2v) is 12.7. The third-order valence-corrected chi connectivity index (χ3v) is 5.75. The van der Waals surface area contributed by atoms with Gasteiger partial charge in [-0.05, 0) is 55.5 Å². The van der Waals surface area contributed by atoms with Gasteiger partial charge in [-0.2, -0.15) is 0 Å². The highest BCUT2D eigenvalue weighted by Gasteiger charge is 2.29. The first kappa shape index (κ1) is 23.5. The minimum absolute atomic E-state index is 0.0149. The van der Waals surface area contributed by atoms with Crippen LogP contribution < -0.4 is 0 Å². The Hall–Kier alpha value is -1.76. The molecule has 0 bridgehead atoms. The van der Waals surface area contributed by atoms with Crippen LogP contribution in [-0.2, 0) is 21.7 Å². The van der Waals surface area contributed by atoms with Gasteiger partial charge in [0.1, 0.15) is 5.75 Å². The summed E-state index contributed by atoms with van der Waals surface area (Å²) in [5, 5.41) is 11.3. The van der Waals surface area contributed by atoms with E-state index in [1.54, 1.807) is 0 Å². The quantitative estimate of drug-likeness (QED) is 0.516. The van der Waals surface area contributed by atoms with E-state index in [1.165, 1.54) is 22.3 Å². The zero-order valence-corrected chi connectivity index (χ0v) is 20.8. The Bertz CT molecular complexity index is 888. The van der Waals surface area contributed by atoms with Gasteiger partial charge in [-0.3, -0.25) is 0 Å². The van der Waals surface area contributed by atoms with Gasteiger partial charge in [-0.25, -0.2) is 0 Å². The molecule has 0 unspecified atom stereocenters. The SMILES string of the molecule is CC(C)(C)c1ccc(-c2c(O)cc(C(C)(C)C)cc2C(C)(C)C)c(C(C)(C)C)c1. The summed E-state index contributed by atoms with van der Waals surface area (Å²) in [4.78, 5) is 0. The first-order valence-electron chi connectivity index (χ1n) is 10.9. The Balaban J connectivity index is 2.94. The summed E-state index contributed by atoms with van der Waals surface area (Å²) >= 11 is 0. The summed E-state index contributed by atoms with van der Waals surface area (Å²) in [7, 11) is 0. The van der Waals surface area contributed by atoms with E-state index in [9.17, 15) is 5.11 Å². The highest BCUT2D eigenvalue weighted by Crippen LogP contribution is 2.46. The first-order valence-corrected chi connectivity index (χ1v) is 10.9. The van der Waals surface area contributed by atoms with Crippen molar-refractivity contribution in [3.63, 3.8) is 0 Å². The van der Waals surface area contributed by atoms with E-state index in [1.807, 2.05) is 6.07 Å². The van der Waals surface area contributed by atoms with Crippen molar-refractivity contribution in [2.75, 3.05) is 0 Å². The van der Waals surface area contributed by atoms with Gasteiger partial charge in [-0.1, -0.05) is 107 Å². The second-order valence-electron chi connectivity index (χ2n) is 12.7. The molecule has 2 aromatic rings. The van der Waals surface area contributed by atoms with Crippen LogP contribution in [0.25, 0.3) is 11.1 Å². The molecule has 160 valence electrons. The van der Waals surface area contributed by atoms with E-state index in [2.05, 4.69) is 107 Å². The summed E-state index contributed by atoms with van der Waals surface area (Å²) in [6.45, 7) is 26.8. The number of aromatic hydroxyl groups is 1. The minimum atomic E-state index is -0.0775. The fraction of sp³-hybridized carbons (Fsp3) is 0.571. The lowest BCUT2D eigenvalue weighted by Crippen LogP contribution is -2.20. The molecular formula is C28H42O. The molecular weight excluding hydrogens is 352 g/mol. The lowest BCUT2D eigenvalue weighted by atomic mass is 9.73. The van der Waals surface area contributed by atoms with Crippen molar-refractivity contribution in [3.8, 4) is 16.9 Å². The second kappa shape index (κ2) is 7.18. The summed E-state index contributed by atoms with van der Waals surface area (Å²) in [6, 6.07) is 11.1. The topological polar surface area (TPSA) is 20.2 Å². The molecule has 0 radical (unpaired) electrons. The molecule has 0 aliphatic carbocycles. The van der Waals surface area contributed by atoms with Gasteiger partial charge in [0.2, 0.25) is 0 Å². The van der Waals surface area contributed by atoms with Gasteiger partial charge < -0.3 is 5.11 Å². The molecule has 1 N–H and O–H groups in total. The molecule has 0 heterocycles. The predicted octanol–water partition coefficient (Wildman–Crippen LogP) is 8.25.